The van der Waals surface area contributed by atoms with Crippen LogP contribution >= 0.6 is 45.9 Å². The standard InChI is InChI=1S/C25H28Cl2N4OS2/c1-16-20(27)11-17(14-28-16)21(32)13-23-29-24(22-12-18(26)15-33-22)25(34-23)31-9-7-30(8-10-31)19-5-3-2-4-6-19/h11-12,14-15,19H,2-10,13H2,1H3. The molecule has 0 atom stereocenters. The lowest BCUT2D eigenvalue weighted by atomic mass is 9.94. The second-order valence-electron chi connectivity index (χ2n) is 9.10. The van der Waals surface area contributed by atoms with E-state index in [1.807, 2.05) is 18.4 Å². The number of aromatic nitrogens is 2. The zero-order valence-corrected chi connectivity index (χ0v) is 22.4. The molecule has 2 fully saturated rings. The van der Waals surface area contributed by atoms with Gasteiger partial charge in [-0.3, -0.25) is 14.7 Å². The average molecular weight is 536 g/mol. The lowest BCUT2D eigenvalue weighted by Gasteiger charge is -2.41. The number of rotatable bonds is 6. The van der Waals surface area contributed by atoms with Gasteiger partial charge in [0.05, 0.1) is 27.0 Å². The summed E-state index contributed by atoms with van der Waals surface area (Å²) in [5.41, 5.74) is 2.18. The lowest BCUT2D eigenvalue weighted by molar-refractivity contribution is 0.0992. The molecule has 0 radical (unpaired) electrons. The summed E-state index contributed by atoms with van der Waals surface area (Å²) in [6.07, 6.45) is 8.62. The van der Waals surface area contributed by atoms with Crippen LogP contribution in [0.1, 0.15) is 53.2 Å². The highest BCUT2D eigenvalue weighted by molar-refractivity contribution is 7.18. The highest BCUT2D eigenvalue weighted by atomic mass is 35.5. The van der Waals surface area contributed by atoms with Crippen molar-refractivity contribution in [2.45, 2.75) is 51.5 Å². The average Bonchev–Trinajstić information content (AvgIpc) is 3.47. The number of carbonyl (C=O) groups is 1. The van der Waals surface area contributed by atoms with Gasteiger partial charge in [0, 0.05) is 49.4 Å². The number of carbonyl (C=O) groups excluding carboxylic acids is 1. The van der Waals surface area contributed by atoms with E-state index in [9.17, 15) is 4.79 Å². The van der Waals surface area contributed by atoms with Gasteiger partial charge in [-0.1, -0.05) is 42.5 Å². The Balaban J connectivity index is 1.36. The maximum atomic E-state index is 13.0. The van der Waals surface area contributed by atoms with Crippen LogP contribution in [0.25, 0.3) is 10.6 Å². The molecule has 2 aliphatic rings. The molecule has 1 aliphatic carbocycles. The second kappa shape index (κ2) is 10.6. The molecule has 5 rings (SSSR count). The quantitative estimate of drug-likeness (QED) is 0.327. The van der Waals surface area contributed by atoms with Gasteiger partial charge in [-0.05, 0) is 31.9 Å². The van der Waals surface area contributed by atoms with Crippen LogP contribution in [0.5, 0.6) is 0 Å². The number of thiazole rings is 1. The van der Waals surface area contributed by atoms with Gasteiger partial charge in [0.15, 0.2) is 5.78 Å². The number of anilines is 1. The van der Waals surface area contributed by atoms with Crippen molar-refractivity contribution in [2.24, 2.45) is 0 Å². The van der Waals surface area contributed by atoms with Crippen LogP contribution in [0.3, 0.4) is 0 Å². The van der Waals surface area contributed by atoms with Crippen molar-refractivity contribution < 1.29 is 4.79 Å². The van der Waals surface area contributed by atoms with E-state index in [0.717, 1.165) is 63.5 Å². The first-order valence-electron chi connectivity index (χ1n) is 11.9. The molecule has 3 aromatic heterocycles. The number of hydrogen-bond acceptors (Lipinski definition) is 7. The van der Waals surface area contributed by atoms with Crippen LogP contribution in [0, 0.1) is 6.92 Å². The second-order valence-corrected chi connectivity index (χ2v) is 11.9. The minimum atomic E-state index is -0.0208. The third-order valence-corrected chi connectivity index (χ3v) is 9.59. The van der Waals surface area contributed by atoms with E-state index in [4.69, 9.17) is 28.2 Å². The minimum Gasteiger partial charge on any atom is -0.359 e. The topological polar surface area (TPSA) is 49.3 Å². The molecule has 1 saturated heterocycles. The number of thiophene rings is 1. The first kappa shape index (κ1) is 24.2. The Morgan fingerprint density at radius 2 is 1.88 bits per heavy atom. The molecule has 180 valence electrons. The predicted octanol–water partition coefficient (Wildman–Crippen LogP) is 6.76. The number of piperazine rings is 1. The van der Waals surface area contributed by atoms with Crippen molar-refractivity contribution in [3.63, 3.8) is 0 Å². The largest absolute Gasteiger partial charge is 0.359 e. The van der Waals surface area contributed by atoms with E-state index < -0.39 is 0 Å². The SMILES string of the molecule is Cc1ncc(C(=O)Cc2nc(-c3cc(Cl)cs3)c(N3CCN(C4CCCCC4)CC3)s2)cc1Cl. The van der Waals surface area contributed by atoms with E-state index in [1.54, 1.807) is 34.9 Å². The number of aryl methyl sites for hydroxylation is 1. The zero-order valence-electron chi connectivity index (χ0n) is 19.2. The molecule has 0 unspecified atom stereocenters. The van der Waals surface area contributed by atoms with E-state index in [-0.39, 0.29) is 12.2 Å². The molecule has 1 aliphatic heterocycles. The maximum absolute atomic E-state index is 13.0. The van der Waals surface area contributed by atoms with Gasteiger partial charge < -0.3 is 4.90 Å². The van der Waals surface area contributed by atoms with Crippen molar-refractivity contribution in [3.05, 3.63) is 50.0 Å². The van der Waals surface area contributed by atoms with Crippen LogP contribution in [-0.2, 0) is 6.42 Å². The molecule has 3 aromatic rings. The molecule has 0 aromatic carbocycles. The van der Waals surface area contributed by atoms with Crippen LogP contribution in [0.4, 0.5) is 5.00 Å². The fourth-order valence-corrected chi connectivity index (χ4v) is 7.30. The predicted molar refractivity (Wildman–Crippen MR) is 143 cm³/mol. The van der Waals surface area contributed by atoms with E-state index in [0.29, 0.717) is 10.6 Å². The van der Waals surface area contributed by atoms with Crippen LogP contribution in [0.15, 0.2) is 23.7 Å². The molecular formula is C25H28Cl2N4OS2. The molecule has 34 heavy (non-hydrogen) atoms. The summed E-state index contributed by atoms with van der Waals surface area (Å²) in [7, 11) is 0. The van der Waals surface area contributed by atoms with Crippen molar-refractivity contribution in [1.82, 2.24) is 14.9 Å². The summed E-state index contributed by atoms with van der Waals surface area (Å²) >= 11 is 15.7. The number of nitrogens with zero attached hydrogens (tertiary/aromatic N) is 4. The van der Waals surface area contributed by atoms with Gasteiger partial charge in [0.25, 0.3) is 0 Å². The number of Topliss-reactive ketones (excluding diaryl/α,β-unsaturated/α-hetero) is 1. The van der Waals surface area contributed by atoms with Crippen molar-refractivity contribution >= 4 is 56.7 Å². The Morgan fingerprint density at radius 1 is 1.12 bits per heavy atom. The summed E-state index contributed by atoms with van der Waals surface area (Å²) in [4.78, 5) is 28.3. The van der Waals surface area contributed by atoms with Crippen molar-refractivity contribution in [2.75, 3.05) is 31.1 Å². The minimum absolute atomic E-state index is 0.0208. The Bertz CT molecular complexity index is 1160. The van der Waals surface area contributed by atoms with Crippen LogP contribution in [-0.4, -0.2) is 52.9 Å². The third kappa shape index (κ3) is 5.34. The van der Waals surface area contributed by atoms with Gasteiger partial charge >= 0.3 is 0 Å². The van der Waals surface area contributed by atoms with Crippen LogP contribution < -0.4 is 4.90 Å². The van der Waals surface area contributed by atoms with Crippen molar-refractivity contribution in [1.29, 1.82) is 0 Å². The normalized spacial score (nSPS) is 17.9. The Kier molecular flexibility index (Phi) is 7.56. The third-order valence-electron chi connectivity index (χ3n) is 6.81. The molecule has 9 heteroatoms. The fourth-order valence-electron chi connectivity index (χ4n) is 4.88. The van der Waals surface area contributed by atoms with Gasteiger partial charge in [0.2, 0.25) is 0 Å². The number of pyridine rings is 1. The number of halogens is 2. The maximum Gasteiger partial charge on any atom is 0.171 e. The lowest BCUT2D eigenvalue weighted by Crippen LogP contribution is -2.50. The fraction of sp³-hybridized carbons (Fsp3) is 0.480. The van der Waals surface area contributed by atoms with Gasteiger partial charge in [-0.2, -0.15) is 0 Å². The zero-order chi connectivity index (χ0) is 23.7. The summed E-state index contributed by atoms with van der Waals surface area (Å²) in [5, 5.41) is 5.12. The molecular weight excluding hydrogens is 507 g/mol. The monoisotopic (exact) mass is 534 g/mol. The van der Waals surface area contributed by atoms with E-state index >= 15 is 0 Å². The smallest absolute Gasteiger partial charge is 0.171 e. The first-order valence-corrected chi connectivity index (χ1v) is 14.3. The Morgan fingerprint density at radius 3 is 2.56 bits per heavy atom. The molecule has 0 N–H and O–H groups in total. The van der Waals surface area contributed by atoms with E-state index in [1.165, 1.54) is 32.1 Å². The van der Waals surface area contributed by atoms with Gasteiger partial charge in [-0.15, -0.1) is 22.7 Å². The van der Waals surface area contributed by atoms with Gasteiger partial charge in [-0.25, -0.2) is 4.98 Å². The van der Waals surface area contributed by atoms with Crippen molar-refractivity contribution in [3.8, 4) is 10.6 Å². The molecule has 0 amide bonds. The number of hydrogen-bond donors (Lipinski definition) is 0. The highest BCUT2D eigenvalue weighted by Gasteiger charge is 2.28. The summed E-state index contributed by atoms with van der Waals surface area (Å²) in [6, 6.07) is 4.42. The summed E-state index contributed by atoms with van der Waals surface area (Å²) in [6.45, 7) is 5.95. The molecule has 0 bridgehead atoms. The number of ketones is 1. The Hall–Kier alpha value is -1.51. The van der Waals surface area contributed by atoms with Crippen LogP contribution in [0.2, 0.25) is 10.0 Å². The Labute approximate surface area is 218 Å². The molecule has 1 saturated carbocycles. The first-order chi connectivity index (χ1) is 16.5. The van der Waals surface area contributed by atoms with E-state index in [2.05, 4.69) is 14.8 Å². The molecule has 0 spiro atoms. The summed E-state index contributed by atoms with van der Waals surface area (Å²) < 4.78 is 0. The molecule has 4 heterocycles. The van der Waals surface area contributed by atoms with Gasteiger partial charge in [0.1, 0.15) is 15.7 Å². The molecule has 5 nitrogen and oxygen atoms in total. The summed E-state index contributed by atoms with van der Waals surface area (Å²) in [5.74, 6) is -0.0208. The highest BCUT2D eigenvalue weighted by Crippen LogP contribution is 2.41.